The number of hydrogen-bond donors (Lipinski definition) is 1. The van der Waals surface area contributed by atoms with Gasteiger partial charge in [0.25, 0.3) is 0 Å². The van der Waals surface area contributed by atoms with Gasteiger partial charge in [-0.2, -0.15) is 0 Å². The van der Waals surface area contributed by atoms with Crippen molar-refractivity contribution in [2.24, 2.45) is 0 Å². The first-order valence-corrected chi connectivity index (χ1v) is 10.2. The van der Waals surface area contributed by atoms with Crippen LogP contribution in [0.3, 0.4) is 0 Å². The molecular weight excluding hydrogens is 412 g/mol. The van der Waals surface area contributed by atoms with E-state index < -0.39 is 5.41 Å². The predicted octanol–water partition coefficient (Wildman–Crippen LogP) is 5.05. The van der Waals surface area contributed by atoms with Gasteiger partial charge in [0.2, 0.25) is 5.91 Å². The van der Waals surface area contributed by atoms with Crippen LogP contribution in [-0.2, 0) is 14.9 Å². The average molecular weight is 431 g/mol. The summed E-state index contributed by atoms with van der Waals surface area (Å²) in [5.41, 5.74) is 2.27. The zero-order valence-electron chi connectivity index (χ0n) is 14.4. The van der Waals surface area contributed by atoms with Crippen LogP contribution in [0.2, 0.25) is 0 Å². The standard InChI is InChI=1S/C20H19BrN2O2S/c1-13-22-17-7-6-16(12-18(17)26-13)23-19(24)20(8-10-25-11-9-20)14-2-4-15(21)5-3-14/h2-7,12H,8-11H2,1H3,(H,23,24). The summed E-state index contributed by atoms with van der Waals surface area (Å²) in [6, 6.07) is 13.9. The van der Waals surface area contributed by atoms with Crippen molar-refractivity contribution < 1.29 is 9.53 Å². The third kappa shape index (κ3) is 3.29. The summed E-state index contributed by atoms with van der Waals surface area (Å²) in [6.07, 6.45) is 1.37. The van der Waals surface area contributed by atoms with E-state index in [0.717, 1.165) is 30.9 Å². The Balaban J connectivity index is 1.66. The molecule has 26 heavy (non-hydrogen) atoms. The number of aryl methyl sites for hydroxylation is 1. The Morgan fingerprint density at radius 3 is 2.65 bits per heavy atom. The molecule has 1 N–H and O–H groups in total. The summed E-state index contributed by atoms with van der Waals surface area (Å²) >= 11 is 5.11. The van der Waals surface area contributed by atoms with E-state index in [1.165, 1.54) is 0 Å². The van der Waals surface area contributed by atoms with E-state index in [-0.39, 0.29) is 5.91 Å². The molecule has 1 aliphatic heterocycles. The molecule has 0 aliphatic carbocycles. The van der Waals surface area contributed by atoms with Crippen molar-refractivity contribution in [1.29, 1.82) is 0 Å². The topological polar surface area (TPSA) is 51.2 Å². The van der Waals surface area contributed by atoms with Gasteiger partial charge < -0.3 is 10.1 Å². The van der Waals surface area contributed by atoms with E-state index in [1.54, 1.807) is 11.3 Å². The second-order valence-electron chi connectivity index (χ2n) is 6.57. The van der Waals surface area contributed by atoms with Crippen molar-refractivity contribution in [3.63, 3.8) is 0 Å². The highest BCUT2D eigenvalue weighted by atomic mass is 79.9. The first-order valence-electron chi connectivity index (χ1n) is 8.59. The molecule has 134 valence electrons. The van der Waals surface area contributed by atoms with Crippen molar-refractivity contribution in [3.05, 3.63) is 57.5 Å². The molecule has 0 spiro atoms. The van der Waals surface area contributed by atoms with Gasteiger partial charge in [-0.15, -0.1) is 11.3 Å². The van der Waals surface area contributed by atoms with Crippen molar-refractivity contribution in [2.45, 2.75) is 25.2 Å². The maximum atomic E-state index is 13.3. The number of carbonyl (C=O) groups excluding carboxylic acids is 1. The minimum Gasteiger partial charge on any atom is -0.381 e. The van der Waals surface area contributed by atoms with Crippen molar-refractivity contribution in [2.75, 3.05) is 18.5 Å². The fourth-order valence-electron chi connectivity index (χ4n) is 3.50. The second kappa shape index (κ2) is 7.10. The molecular formula is C20H19BrN2O2S. The summed E-state index contributed by atoms with van der Waals surface area (Å²) < 4.78 is 7.63. The fourth-order valence-corrected chi connectivity index (χ4v) is 4.63. The Morgan fingerprint density at radius 2 is 1.92 bits per heavy atom. The van der Waals surface area contributed by atoms with Crippen LogP contribution >= 0.6 is 27.3 Å². The first kappa shape index (κ1) is 17.6. The molecule has 1 aliphatic rings. The lowest BCUT2D eigenvalue weighted by Crippen LogP contribution is -2.44. The van der Waals surface area contributed by atoms with Gasteiger partial charge in [0, 0.05) is 23.4 Å². The molecule has 0 unspecified atom stereocenters. The number of carbonyl (C=O) groups is 1. The highest BCUT2D eigenvalue weighted by Crippen LogP contribution is 2.37. The molecule has 0 atom stereocenters. The highest BCUT2D eigenvalue weighted by molar-refractivity contribution is 9.10. The average Bonchev–Trinajstić information content (AvgIpc) is 3.02. The maximum Gasteiger partial charge on any atom is 0.235 e. The number of halogens is 1. The Labute approximate surface area is 164 Å². The number of nitrogens with one attached hydrogen (secondary N) is 1. The van der Waals surface area contributed by atoms with E-state index in [1.807, 2.05) is 49.4 Å². The lowest BCUT2D eigenvalue weighted by Gasteiger charge is -2.36. The van der Waals surface area contributed by atoms with Gasteiger partial charge in [0.15, 0.2) is 0 Å². The smallest absolute Gasteiger partial charge is 0.235 e. The zero-order valence-corrected chi connectivity index (χ0v) is 16.8. The summed E-state index contributed by atoms with van der Waals surface area (Å²) in [4.78, 5) is 17.8. The van der Waals surface area contributed by atoms with Crippen molar-refractivity contribution in [1.82, 2.24) is 4.98 Å². The molecule has 1 aromatic heterocycles. The molecule has 6 heteroatoms. The molecule has 2 aromatic carbocycles. The summed E-state index contributed by atoms with van der Waals surface area (Å²) in [6.45, 7) is 3.18. The molecule has 1 saturated heterocycles. The van der Waals surface area contributed by atoms with Gasteiger partial charge in [-0.1, -0.05) is 28.1 Å². The van der Waals surface area contributed by atoms with Gasteiger partial charge >= 0.3 is 0 Å². The summed E-state index contributed by atoms with van der Waals surface area (Å²) in [5, 5.41) is 4.17. The third-order valence-corrected chi connectivity index (χ3v) is 6.39. The number of rotatable bonds is 3. The Kier molecular flexibility index (Phi) is 4.82. The number of hydrogen-bond acceptors (Lipinski definition) is 4. The van der Waals surface area contributed by atoms with Crippen LogP contribution in [-0.4, -0.2) is 24.1 Å². The lowest BCUT2D eigenvalue weighted by molar-refractivity contribution is -0.125. The lowest BCUT2D eigenvalue weighted by atomic mass is 9.73. The normalized spacial score (nSPS) is 16.5. The molecule has 4 nitrogen and oxygen atoms in total. The monoisotopic (exact) mass is 430 g/mol. The quantitative estimate of drug-likeness (QED) is 0.631. The van der Waals surface area contributed by atoms with E-state index >= 15 is 0 Å². The number of benzene rings is 2. The molecule has 3 aromatic rings. The Morgan fingerprint density at radius 1 is 1.19 bits per heavy atom. The van der Waals surface area contributed by atoms with Crippen LogP contribution in [0.15, 0.2) is 46.9 Å². The summed E-state index contributed by atoms with van der Waals surface area (Å²) in [7, 11) is 0. The van der Waals surface area contributed by atoms with Gasteiger partial charge in [0.1, 0.15) is 0 Å². The number of aromatic nitrogens is 1. The minimum absolute atomic E-state index is 0.0312. The Bertz CT molecular complexity index is 946. The largest absolute Gasteiger partial charge is 0.381 e. The van der Waals surface area contributed by atoms with Gasteiger partial charge in [-0.3, -0.25) is 4.79 Å². The zero-order chi connectivity index (χ0) is 18.1. The molecule has 2 heterocycles. The van der Waals surface area contributed by atoms with Crippen LogP contribution in [0.1, 0.15) is 23.4 Å². The molecule has 0 radical (unpaired) electrons. The van der Waals surface area contributed by atoms with Crippen molar-refractivity contribution >= 4 is 49.1 Å². The van der Waals surface area contributed by atoms with E-state index in [9.17, 15) is 4.79 Å². The summed E-state index contributed by atoms with van der Waals surface area (Å²) in [5.74, 6) is 0.0312. The van der Waals surface area contributed by atoms with Crippen LogP contribution in [0.4, 0.5) is 5.69 Å². The number of anilines is 1. The molecule has 4 rings (SSSR count). The van der Waals surface area contributed by atoms with E-state index in [0.29, 0.717) is 26.1 Å². The third-order valence-electron chi connectivity index (χ3n) is 4.93. The van der Waals surface area contributed by atoms with Crippen molar-refractivity contribution in [3.8, 4) is 0 Å². The SMILES string of the molecule is Cc1nc2ccc(NC(=O)C3(c4ccc(Br)cc4)CCOCC3)cc2s1. The van der Waals surface area contributed by atoms with Gasteiger partial charge in [-0.25, -0.2) is 4.98 Å². The molecule has 1 fully saturated rings. The number of fused-ring (bicyclic) bond motifs is 1. The highest BCUT2D eigenvalue weighted by Gasteiger charge is 2.41. The number of thiazole rings is 1. The molecule has 0 bridgehead atoms. The predicted molar refractivity (Wildman–Crippen MR) is 109 cm³/mol. The maximum absolute atomic E-state index is 13.3. The number of nitrogens with zero attached hydrogens (tertiary/aromatic N) is 1. The Hall–Kier alpha value is -1.76. The van der Waals surface area contributed by atoms with Gasteiger partial charge in [0.05, 0.1) is 20.6 Å². The fraction of sp³-hybridized carbons (Fsp3) is 0.300. The first-order chi connectivity index (χ1) is 12.6. The van der Waals surface area contributed by atoms with Crippen LogP contribution in [0.25, 0.3) is 10.2 Å². The molecule has 1 amide bonds. The van der Waals surface area contributed by atoms with Crippen LogP contribution < -0.4 is 5.32 Å². The molecule has 0 saturated carbocycles. The number of ether oxygens (including phenoxy) is 1. The van der Waals surface area contributed by atoms with E-state index in [4.69, 9.17) is 4.74 Å². The van der Waals surface area contributed by atoms with Crippen LogP contribution in [0, 0.1) is 6.92 Å². The van der Waals surface area contributed by atoms with Gasteiger partial charge in [-0.05, 0) is 55.7 Å². The van der Waals surface area contributed by atoms with E-state index in [2.05, 4.69) is 26.2 Å². The minimum atomic E-state index is -0.558. The van der Waals surface area contributed by atoms with Crippen LogP contribution in [0.5, 0.6) is 0 Å². The number of amides is 1. The second-order valence-corrected chi connectivity index (χ2v) is 8.72.